The van der Waals surface area contributed by atoms with Crippen LogP contribution < -0.4 is 9.64 Å². The number of anilines is 1. The molecule has 1 heterocycles. The van der Waals surface area contributed by atoms with Crippen LogP contribution in [0.4, 0.5) is 5.69 Å². The van der Waals surface area contributed by atoms with Crippen molar-refractivity contribution in [3.8, 4) is 5.75 Å². The van der Waals surface area contributed by atoms with Crippen molar-refractivity contribution in [3.05, 3.63) is 47.1 Å². The Labute approximate surface area is 161 Å². The minimum Gasteiger partial charge on any atom is -0.497 e. The van der Waals surface area contributed by atoms with Gasteiger partial charge in [0, 0.05) is 24.2 Å². The van der Waals surface area contributed by atoms with Crippen LogP contribution in [0.3, 0.4) is 0 Å². The Kier molecular flexibility index (Phi) is 6.47. The first-order chi connectivity index (χ1) is 12.8. The number of carbonyl (C=O) groups excluding carboxylic acids is 2. The molecule has 0 radical (unpaired) electrons. The lowest BCUT2D eigenvalue weighted by molar-refractivity contribution is -0.147. The predicted molar refractivity (Wildman–Crippen MR) is 108 cm³/mol. The number of ketones is 1. The highest BCUT2D eigenvalue weighted by Crippen LogP contribution is 2.43. The monoisotopic (exact) mass is 371 g/mol. The van der Waals surface area contributed by atoms with Crippen molar-refractivity contribution in [2.24, 2.45) is 0 Å². The minimum absolute atomic E-state index is 0.221. The van der Waals surface area contributed by atoms with Gasteiger partial charge in [0.25, 0.3) is 0 Å². The topological polar surface area (TPSA) is 55.8 Å². The smallest absolute Gasteiger partial charge is 0.340 e. The van der Waals surface area contributed by atoms with Crippen LogP contribution >= 0.6 is 0 Å². The second-order valence-corrected chi connectivity index (χ2v) is 7.17. The Morgan fingerprint density at radius 2 is 1.81 bits per heavy atom. The van der Waals surface area contributed by atoms with Crippen molar-refractivity contribution in [2.75, 3.05) is 25.2 Å². The van der Waals surface area contributed by atoms with Gasteiger partial charge in [-0.3, -0.25) is 4.79 Å². The van der Waals surface area contributed by atoms with Gasteiger partial charge >= 0.3 is 5.97 Å². The quantitative estimate of drug-likeness (QED) is 0.406. The van der Waals surface area contributed by atoms with Crippen molar-refractivity contribution in [3.63, 3.8) is 0 Å². The van der Waals surface area contributed by atoms with Crippen LogP contribution in [0, 0.1) is 0 Å². The molecular formula is C22H29NO4. The molecule has 0 amide bonds. The molecule has 27 heavy (non-hydrogen) atoms. The number of fused-ring (bicyclic) bond motifs is 1. The van der Waals surface area contributed by atoms with E-state index in [0.717, 1.165) is 16.8 Å². The van der Waals surface area contributed by atoms with Crippen molar-refractivity contribution in [2.45, 2.75) is 46.6 Å². The molecule has 146 valence electrons. The van der Waals surface area contributed by atoms with E-state index in [4.69, 9.17) is 9.47 Å². The van der Waals surface area contributed by atoms with E-state index >= 15 is 0 Å². The first-order valence-corrected chi connectivity index (χ1v) is 9.22. The van der Waals surface area contributed by atoms with E-state index in [9.17, 15) is 9.59 Å². The Morgan fingerprint density at radius 1 is 1.15 bits per heavy atom. The third-order valence-corrected chi connectivity index (χ3v) is 4.68. The van der Waals surface area contributed by atoms with E-state index in [-0.39, 0.29) is 18.8 Å². The van der Waals surface area contributed by atoms with Crippen LogP contribution in [0.15, 0.2) is 41.5 Å². The van der Waals surface area contributed by atoms with E-state index in [1.165, 1.54) is 0 Å². The van der Waals surface area contributed by atoms with Gasteiger partial charge in [-0.1, -0.05) is 23.3 Å². The van der Waals surface area contributed by atoms with Crippen LogP contribution in [-0.2, 0) is 9.53 Å². The Bertz CT molecular complexity index is 786. The summed E-state index contributed by atoms with van der Waals surface area (Å²) in [6, 6.07) is 5.36. The summed E-state index contributed by atoms with van der Waals surface area (Å²) in [5.74, 6) is -0.162. The Balaban J connectivity index is 2.68. The molecule has 0 bridgehead atoms. The molecular weight excluding hydrogens is 342 g/mol. The van der Waals surface area contributed by atoms with Gasteiger partial charge in [-0.2, -0.15) is 0 Å². The summed E-state index contributed by atoms with van der Waals surface area (Å²) in [7, 11) is 1.56. The number of ether oxygens (including phenoxy) is 2. The van der Waals surface area contributed by atoms with Gasteiger partial charge in [0.05, 0.1) is 13.7 Å². The molecule has 0 saturated carbocycles. The number of esters is 1. The van der Waals surface area contributed by atoms with E-state index < -0.39 is 11.5 Å². The highest BCUT2D eigenvalue weighted by Gasteiger charge is 2.57. The van der Waals surface area contributed by atoms with Gasteiger partial charge < -0.3 is 14.4 Å². The van der Waals surface area contributed by atoms with Crippen LogP contribution in [-0.4, -0.2) is 37.6 Å². The largest absolute Gasteiger partial charge is 0.497 e. The number of Topliss-reactive ketones (excluding diaryl/α,β-unsaturated/α-hetero) is 1. The van der Waals surface area contributed by atoms with Gasteiger partial charge in [0.15, 0.2) is 0 Å². The van der Waals surface area contributed by atoms with Gasteiger partial charge in [-0.25, -0.2) is 4.79 Å². The standard InChI is InChI=1S/C22H29NO4/c1-7-27-21(25)22(12-10-15(2)3)20(24)18-14-17(26-6)8-9-19(18)23(22)13-11-16(4)5/h8-11,14H,7,12-13H2,1-6H3. The van der Waals surface area contributed by atoms with Crippen molar-refractivity contribution >= 4 is 17.4 Å². The lowest BCUT2D eigenvalue weighted by atomic mass is 9.87. The molecule has 0 N–H and O–H groups in total. The SMILES string of the molecule is CCOC(=O)C1(CC=C(C)C)C(=O)c2cc(OC)ccc2N1CC=C(C)C. The number of carbonyl (C=O) groups is 2. The summed E-state index contributed by atoms with van der Waals surface area (Å²) in [6.45, 7) is 10.3. The second kappa shape index (κ2) is 8.42. The summed E-state index contributed by atoms with van der Waals surface area (Å²) in [5.41, 5.74) is 1.99. The lowest BCUT2D eigenvalue weighted by Gasteiger charge is -2.35. The molecule has 1 unspecified atom stereocenters. The van der Waals surface area contributed by atoms with Crippen LogP contribution in [0.25, 0.3) is 0 Å². The number of hydrogen-bond donors (Lipinski definition) is 0. The Hall–Kier alpha value is -2.56. The normalized spacial score (nSPS) is 18.0. The highest BCUT2D eigenvalue weighted by atomic mass is 16.5. The number of hydrogen-bond acceptors (Lipinski definition) is 5. The molecule has 0 saturated heterocycles. The fraction of sp³-hybridized carbons (Fsp3) is 0.455. The number of rotatable bonds is 7. The molecule has 5 nitrogen and oxygen atoms in total. The lowest BCUT2D eigenvalue weighted by Crippen LogP contribution is -2.57. The fourth-order valence-corrected chi connectivity index (χ4v) is 3.23. The van der Waals surface area contributed by atoms with Gasteiger partial charge in [-0.15, -0.1) is 0 Å². The van der Waals surface area contributed by atoms with Crippen LogP contribution in [0.1, 0.15) is 51.4 Å². The maximum Gasteiger partial charge on any atom is 0.340 e. The summed E-state index contributed by atoms with van der Waals surface area (Å²) in [4.78, 5) is 28.5. The maximum absolute atomic E-state index is 13.5. The Morgan fingerprint density at radius 3 is 2.37 bits per heavy atom. The zero-order valence-electron chi connectivity index (χ0n) is 17.1. The van der Waals surface area contributed by atoms with Gasteiger partial charge in [0.2, 0.25) is 11.3 Å². The van der Waals surface area contributed by atoms with Crippen LogP contribution in [0.5, 0.6) is 5.75 Å². The van der Waals surface area contributed by atoms with E-state index in [1.54, 1.807) is 20.1 Å². The number of benzene rings is 1. The number of nitrogens with zero attached hydrogens (tertiary/aromatic N) is 1. The average molecular weight is 371 g/mol. The molecule has 1 atom stereocenters. The molecule has 1 aliphatic heterocycles. The first-order valence-electron chi connectivity index (χ1n) is 9.22. The first kappa shape index (κ1) is 20.7. The van der Waals surface area contributed by atoms with Crippen molar-refractivity contribution in [1.82, 2.24) is 0 Å². The summed E-state index contributed by atoms with van der Waals surface area (Å²) in [5, 5.41) is 0. The number of allylic oxidation sites excluding steroid dienone is 2. The maximum atomic E-state index is 13.5. The zero-order valence-corrected chi connectivity index (χ0v) is 17.1. The second-order valence-electron chi connectivity index (χ2n) is 7.17. The molecule has 0 aromatic heterocycles. The van der Waals surface area contributed by atoms with E-state index in [1.807, 2.05) is 56.9 Å². The molecule has 2 rings (SSSR count). The van der Waals surface area contributed by atoms with E-state index in [0.29, 0.717) is 17.9 Å². The zero-order chi connectivity index (χ0) is 20.2. The van der Waals surface area contributed by atoms with Crippen molar-refractivity contribution in [1.29, 1.82) is 0 Å². The van der Waals surface area contributed by atoms with Crippen molar-refractivity contribution < 1.29 is 19.1 Å². The van der Waals surface area contributed by atoms with E-state index in [2.05, 4.69) is 0 Å². The fourth-order valence-electron chi connectivity index (χ4n) is 3.23. The molecule has 0 aliphatic carbocycles. The third-order valence-electron chi connectivity index (χ3n) is 4.68. The molecule has 0 fully saturated rings. The average Bonchev–Trinajstić information content (AvgIpc) is 2.86. The molecule has 5 heteroatoms. The molecule has 1 aromatic rings. The molecule has 1 aromatic carbocycles. The van der Waals surface area contributed by atoms with Gasteiger partial charge in [0.1, 0.15) is 5.75 Å². The molecule has 0 spiro atoms. The minimum atomic E-state index is -1.39. The van der Waals surface area contributed by atoms with Crippen LogP contribution in [0.2, 0.25) is 0 Å². The predicted octanol–water partition coefficient (Wildman–Crippen LogP) is 4.32. The number of methoxy groups -OCH3 is 1. The third kappa shape index (κ3) is 3.92. The summed E-state index contributed by atoms with van der Waals surface area (Å²) < 4.78 is 10.7. The summed E-state index contributed by atoms with van der Waals surface area (Å²) in [6.07, 6.45) is 4.21. The summed E-state index contributed by atoms with van der Waals surface area (Å²) >= 11 is 0. The highest BCUT2D eigenvalue weighted by molar-refractivity contribution is 6.25. The molecule has 1 aliphatic rings. The van der Waals surface area contributed by atoms with Gasteiger partial charge in [-0.05, 0) is 52.8 Å².